The van der Waals surface area contributed by atoms with Gasteiger partial charge in [-0.1, -0.05) is 49.8 Å². The fraction of sp³-hybridized carbons (Fsp3) is 0.343. The molecule has 3 heterocycles. The van der Waals surface area contributed by atoms with Crippen molar-refractivity contribution < 1.29 is 18.3 Å². The third kappa shape index (κ3) is 6.38. The third-order valence-corrected chi connectivity index (χ3v) is 8.82. The number of piperidine rings is 1. The summed E-state index contributed by atoms with van der Waals surface area (Å²) in [5.41, 5.74) is 4.62. The maximum atomic E-state index is 14.6. The zero-order valence-corrected chi connectivity index (χ0v) is 26.5. The summed E-state index contributed by atoms with van der Waals surface area (Å²) < 4.78 is 33.4. The van der Waals surface area contributed by atoms with Crippen molar-refractivity contribution in [3.63, 3.8) is 0 Å². The van der Waals surface area contributed by atoms with Crippen LogP contribution in [-0.4, -0.2) is 40.6 Å². The van der Waals surface area contributed by atoms with Gasteiger partial charge in [0, 0.05) is 35.7 Å². The molecule has 9 heteroatoms. The van der Waals surface area contributed by atoms with Gasteiger partial charge in [-0.15, -0.1) is 11.3 Å². The van der Waals surface area contributed by atoms with Crippen LogP contribution in [0.25, 0.3) is 33.6 Å². The van der Waals surface area contributed by atoms with Crippen molar-refractivity contribution in [3.8, 4) is 33.3 Å². The summed E-state index contributed by atoms with van der Waals surface area (Å²) >= 11 is 1.28. The summed E-state index contributed by atoms with van der Waals surface area (Å²) in [5, 5.41) is 2.25. The molecule has 0 spiro atoms. The second-order valence-electron chi connectivity index (χ2n) is 11.5. The van der Waals surface area contributed by atoms with E-state index in [0.717, 1.165) is 24.0 Å². The van der Waals surface area contributed by atoms with E-state index in [-0.39, 0.29) is 17.0 Å². The Bertz CT molecular complexity index is 1750. The van der Waals surface area contributed by atoms with Crippen molar-refractivity contribution in [3.05, 3.63) is 92.2 Å². The van der Waals surface area contributed by atoms with Crippen molar-refractivity contribution in [1.82, 2.24) is 14.5 Å². The topological polar surface area (TPSA) is 64.4 Å². The molecule has 0 unspecified atom stereocenters. The molecule has 0 radical (unpaired) electrons. The van der Waals surface area contributed by atoms with E-state index in [2.05, 4.69) is 6.92 Å². The van der Waals surface area contributed by atoms with Crippen molar-refractivity contribution in [2.24, 2.45) is 5.92 Å². The number of pyridine rings is 1. The van der Waals surface area contributed by atoms with Gasteiger partial charge >= 0.3 is 0 Å². The number of thiazole rings is 1. The van der Waals surface area contributed by atoms with E-state index in [4.69, 9.17) is 9.72 Å². The number of aromatic nitrogens is 2. The molecule has 6 nitrogen and oxygen atoms in total. The van der Waals surface area contributed by atoms with Gasteiger partial charge in [-0.3, -0.25) is 14.2 Å². The number of nitrogens with zero attached hydrogens (tertiary/aromatic N) is 3. The highest BCUT2D eigenvalue weighted by Crippen LogP contribution is 2.33. The summed E-state index contributed by atoms with van der Waals surface area (Å²) in [7, 11) is 1.58. The number of hydrogen-bond acceptors (Lipinski definition) is 5. The molecule has 0 saturated carbocycles. The van der Waals surface area contributed by atoms with E-state index < -0.39 is 6.43 Å². The predicted molar refractivity (Wildman–Crippen MR) is 173 cm³/mol. The Labute approximate surface area is 260 Å². The molecule has 1 saturated heterocycles. The zero-order chi connectivity index (χ0) is 31.5. The molecule has 2 aromatic carbocycles. The van der Waals surface area contributed by atoms with E-state index in [0.29, 0.717) is 70.0 Å². The molecule has 0 aliphatic carbocycles. The monoisotopic (exact) mass is 617 g/mol. The number of halogens is 2. The molecule has 0 N–H and O–H groups in total. The minimum absolute atomic E-state index is 0.0675. The molecule has 1 amide bonds. The number of alkyl halides is 2. The van der Waals surface area contributed by atoms with Crippen LogP contribution in [0.4, 0.5) is 8.78 Å². The van der Waals surface area contributed by atoms with Crippen LogP contribution in [0.15, 0.2) is 64.3 Å². The SMILES string of the molecule is CCc1ccc(OC)cc1-n1c(C=C(C)C)c(C(=O)N2CCC[C@H](C)C2)cc(-c2nc(-c3ccc(C(F)F)cc3)cs2)c1=O. The molecule has 230 valence electrons. The number of rotatable bonds is 8. The third-order valence-electron chi connectivity index (χ3n) is 7.95. The number of ether oxygens (including phenoxy) is 1. The highest BCUT2D eigenvalue weighted by Gasteiger charge is 2.28. The zero-order valence-electron chi connectivity index (χ0n) is 25.7. The first-order valence-electron chi connectivity index (χ1n) is 14.9. The highest BCUT2D eigenvalue weighted by molar-refractivity contribution is 7.13. The number of benzene rings is 2. The molecule has 5 rings (SSSR count). The average Bonchev–Trinajstić information content (AvgIpc) is 3.50. The molecule has 44 heavy (non-hydrogen) atoms. The molecular formula is C35H37F2N3O3S. The molecule has 1 atom stereocenters. The number of methoxy groups -OCH3 is 1. The largest absolute Gasteiger partial charge is 0.497 e. The quantitative estimate of drug-likeness (QED) is 0.199. The summed E-state index contributed by atoms with van der Waals surface area (Å²) in [6.07, 6.45) is 1.99. The van der Waals surface area contributed by atoms with Crippen LogP contribution >= 0.6 is 11.3 Å². The number of carbonyl (C=O) groups excluding carboxylic acids is 1. The number of allylic oxidation sites excluding steroid dienone is 1. The Kier molecular flexibility index (Phi) is 9.44. The fourth-order valence-corrected chi connectivity index (χ4v) is 6.50. The van der Waals surface area contributed by atoms with Crippen molar-refractivity contribution >= 4 is 23.3 Å². The molecule has 1 fully saturated rings. The van der Waals surface area contributed by atoms with Crippen LogP contribution in [0.2, 0.25) is 0 Å². The van der Waals surface area contributed by atoms with Crippen LogP contribution in [0.5, 0.6) is 5.75 Å². The minimum atomic E-state index is -2.56. The lowest BCUT2D eigenvalue weighted by Crippen LogP contribution is -2.40. The second kappa shape index (κ2) is 13.3. The Hall–Kier alpha value is -4.11. The Morgan fingerprint density at radius 3 is 2.55 bits per heavy atom. The molecule has 4 aromatic rings. The fourth-order valence-electron chi connectivity index (χ4n) is 5.66. The van der Waals surface area contributed by atoms with Gasteiger partial charge in [-0.05, 0) is 62.8 Å². The van der Waals surface area contributed by atoms with Gasteiger partial charge < -0.3 is 9.64 Å². The molecule has 1 aliphatic rings. The lowest BCUT2D eigenvalue weighted by atomic mass is 9.98. The van der Waals surface area contributed by atoms with Gasteiger partial charge in [-0.25, -0.2) is 13.8 Å². The van der Waals surface area contributed by atoms with Crippen LogP contribution in [0.3, 0.4) is 0 Å². The number of aryl methyl sites for hydroxylation is 1. The number of amides is 1. The maximum Gasteiger partial charge on any atom is 0.265 e. The summed E-state index contributed by atoms with van der Waals surface area (Å²) in [4.78, 5) is 35.5. The van der Waals surface area contributed by atoms with Crippen molar-refractivity contribution in [1.29, 1.82) is 0 Å². The lowest BCUT2D eigenvalue weighted by Gasteiger charge is -2.32. The maximum absolute atomic E-state index is 14.6. The number of likely N-dealkylation sites (tertiary alicyclic amines) is 1. The van der Waals surface area contributed by atoms with E-state index in [1.54, 1.807) is 35.3 Å². The standard InChI is InChI=1S/C35H37F2N3O3S/c1-6-23-13-14-26(43-5)17-30(23)40-31(16-21(2)3)27(34(41)39-15-7-8-22(4)19-39)18-28(35(40)42)33-38-29(20-44-33)24-9-11-25(12-10-24)32(36)37/h9-14,16-18,20,22,32H,6-8,15,19H2,1-5H3/t22-/m0/s1. The van der Waals surface area contributed by atoms with Crippen LogP contribution in [0.1, 0.15) is 74.1 Å². The highest BCUT2D eigenvalue weighted by atomic mass is 32.1. The van der Waals surface area contributed by atoms with Gasteiger partial charge in [-0.2, -0.15) is 0 Å². The van der Waals surface area contributed by atoms with E-state index in [9.17, 15) is 18.4 Å². The van der Waals surface area contributed by atoms with Gasteiger partial charge in [0.05, 0.1) is 35.3 Å². The first kappa shape index (κ1) is 31.3. The summed E-state index contributed by atoms with van der Waals surface area (Å²) in [6.45, 7) is 9.36. The first-order chi connectivity index (χ1) is 21.1. The molecule has 1 aliphatic heterocycles. The van der Waals surface area contributed by atoms with Gasteiger partial charge in [0.15, 0.2) is 0 Å². The van der Waals surface area contributed by atoms with E-state index in [1.807, 2.05) is 49.9 Å². The normalized spacial score (nSPS) is 15.0. The second-order valence-corrected chi connectivity index (χ2v) is 12.4. The number of hydrogen-bond donors (Lipinski definition) is 0. The van der Waals surface area contributed by atoms with Gasteiger partial charge in [0.25, 0.3) is 17.9 Å². The van der Waals surface area contributed by atoms with E-state index in [1.165, 1.54) is 23.5 Å². The first-order valence-corrected chi connectivity index (χ1v) is 15.7. The van der Waals surface area contributed by atoms with Crippen LogP contribution < -0.4 is 10.3 Å². The number of carbonyl (C=O) groups is 1. The Morgan fingerprint density at radius 1 is 1.16 bits per heavy atom. The average molecular weight is 618 g/mol. The summed E-state index contributed by atoms with van der Waals surface area (Å²) in [5.74, 6) is 0.853. The van der Waals surface area contributed by atoms with Crippen molar-refractivity contribution in [2.45, 2.75) is 53.4 Å². The Morgan fingerprint density at radius 2 is 1.91 bits per heavy atom. The van der Waals surface area contributed by atoms with Crippen molar-refractivity contribution in [2.75, 3.05) is 20.2 Å². The molecular weight excluding hydrogens is 580 g/mol. The smallest absolute Gasteiger partial charge is 0.265 e. The molecule has 0 bridgehead atoms. The van der Waals surface area contributed by atoms with Gasteiger partial charge in [0.2, 0.25) is 0 Å². The predicted octanol–water partition coefficient (Wildman–Crippen LogP) is 8.43. The Balaban J connectivity index is 1.77. The van der Waals surface area contributed by atoms with Crippen LogP contribution in [-0.2, 0) is 6.42 Å². The summed E-state index contributed by atoms with van der Waals surface area (Å²) in [6, 6.07) is 13.3. The molecule has 2 aromatic heterocycles. The lowest BCUT2D eigenvalue weighted by molar-refractivity contribution is 0.0682. The van der Waals surface area contributed by atoms with E-state index >= 15 is 0 Å². The van der Waals surface area contributed by atoms with Gasteiger partial charge in [0.1, 0.15) is 10.8 Å². The van der Waals surface area contributed by atoms with Crippen LogP contribution in [0, 0.1) is 5.92 Å². The minimum Gasteiger partial charge on any atom is -0.497 e.